The first-order valence-electron chi connectivity index (χ1n) is 7.78. The van der Waals surface area contributed by atoms with Crippen molar-refractivity contribution in [2.45, 2.75) is 27.2 Å². The Morgan fingerprint density at radius 1 is 1.17 bits per heavy atom. The smallest absolute Gasteiger partial charge is 0.228 e. The maximum atomic E-state index is 13.6. The zero-order valence-corrected chi connectivity index (χ0v) is 14.1. The lowest BCUT2D eigenvalue weighted by Gasteiger charge is -2.20. The quantitative estimate of drug-likeness (QED) is 0.902. The first-order chi connectivity index (χ1) is 10.9. The third-order valence-corrected chi connectivity index (χ3v) is 4.01. The molecule has 0 fully saturated rings. The van der Waals surface area contributed by atoms with E-state index in [2.05, 4.69) is 29.3 Å². The Bertz CT molecular complexity index is 689. The number of rotatable bonds is 5. The van der Waals surface area contributed by atoms with Gasteiger partial charge in [0.15, 0.2) is 0 Å². The number of amides is 1. The van der Waals surface area contributed by atoms with Gasteiger partial charge in [-0.3, -0.25) is 4.79 Å². The Kier molecular flexibility index (Phi) is 5.37. The van der Waals surface area contributed by atoms with E-state index < -0.39 is 0 Å². The second kappa shape index (κ2) is 7.27. The molecule has 0 radical (unpaired) electrons. The van der Waals surface area contributed by atoms with E-state index in [0.717, 1.165) is 29.0 Å². The predicted octanol–water partition coefficient (Wildman–Crippen LogP) is 4.08. The van der Waals surface area contributed by atoms with Crippen molar-refractivity contribution in [3.8, 4) is 0 Å². The average Bonchev–Trinajstić information content (AvgIpc) is 2.52. The van der Waals surface area contributed by atoms with Crippen LogP contribution in [0.2, 0.25) is 0 Å². The lowest BCUT2D eigenvalue weighted by molar-refractivity contribution is -0.115. The highest BCUT2D eigenvalue weighted by molar-refractivity contribution is 5.94. The van der Waals surface area contributed by atoms with Crippen LogP contribution in [-0.2, 0) is 11.2 Å². The van der Waals surface area contributed by atoms with Crippen molar-refractivity contribution in [1.29, 1.82) is 0 Å². The minimum absolute atomic E-state index is 0.0299. The van der Waals surface area contributed by atoms with Crippen LogP contribution in [0.3, 0.4) is 0 Å². The number of aryl methyl sites for hydroxylation is 2. The standard InChI is InChI=1S/C19H23FN2O/c1-5-22(4)16-10-13(2)19(14(3)11-16)21-18(23)12-15-8-6-7-9-17(15)20/h6-11H,5,12H2,1-4H3,(H,21,23). The van der Waals surface area contributed by atoms with E-state index in [4.69, 9.17) is 0 Å². The first-order valence-corrected chi connectivity index (χ1v) is 7.78. The minimum atomic E-state index is -0.351. The molecule has 0 saturated heterocycles. The summed E-state index contributed by atoms with van der Waals surface area (Å²) in [5.74, 6) is -0.561. The van der Waals surface area contributed by atoms with Gasteiger partial charge in [0.1, 0.15) is 5.82 Å². The van der Waals surface area contributed by atoms with Crippen molar-refractivity contribution in [1.82, 2.24) is 0 Å². The van der Waals surface area contributed by atoms with Crippen LogP contribution < -0.4 is 10.2 Å². The van der Waals surface area contributed by atoms with E-state index in [-0.39, 0.29) is 18.1 Å². The number of nitrogens with zero attached hydrogens (tertiary/aromatic N) is 1. The molecule has 0 unspecified atom stereocenters. The van der Waals surface area contributed by atoms with Crippen molar-refractivity contribution >= 4 is 17.3 Å². The fourth-order valence-electron chi connectivity index (χ4n) is 2.54. The molecule has 1 amide bonds. The summed E-state index contributed by atoms with van der Waals surface area (Å²) in [6.45, 7) is 6.95. The van der Waals surface area contributed by atoms with E-state index in [1.807, 2.05) is 20.9 Å². The third kappa shape index (κ3) is 4.09. The summed E-state index contributed by atoms with van der Waals surface area (Å²) in [6, 6.07) is 10.5. The Hall–Kier alpha value is -2.36. The molecule has 122 valence electrons. The normalized spacial score (nSPS) is 10.5. The van der Waals surface area contributed by atoms with Crippen LogP contribution in [-0.4, -0.2) is 19.5 Å². The van der Waals surface area contributed by atoms with Crippen LogP contribution >= 0.6 is 0 Å². The Morgan fingerprint density at radius 3 is 2.35 bits per heavy atom. The number of benzene rings is 2. The molecule has 0 atom stereocenters. The molecule has 0 bridgehead atoms. The van der Waals surface area contributed by atoms with E-state index in [1.54, 1.807) is 18.2 Å². The number of hydrogen-bond acceptors (Lipinski definition) is 2. The van der Waals surface area contributed by atoms with Gasteiger partial charge in [0.05, 0.1) is 6.42 Å². The summed E-state index contributed by atoms with van der Waals surface area (Å²) in [4.78, 5) is 14.4. The SMILES string of the molecule is CCN(C)c1cc(C)c(NC(=O)Cc2ccccc2F)c(C)c1. The summed E-state index contributed by atoms with van der Waals surface area (Å²) in [6.07, 6.45) is 0.0299. The van der Waals surface area contributed by atoms with Crippen molar-refractivity contribution in [2.24, 2.45) is 0 Å². The van der Waals surface area contributed by atoms with E-state index in [0.29, 0.717) is 5.56 Å². The summed E-state index contributed by atoms with van der Waals surface area (Å²) >= 11 is 0. The molecule has 2 rings (SSSR count). The Morgan fingerprint density at radius 2 is 1.78 bits per heavy atom. The maximum Gasteiger partial charge on any atom is 0.228 e. The number of nitrogens with one attached hydrogen (secondary N) is 1. The van der Waals surface area contributed by atoms with Gasteiger partial charge < -0.3 is 10.2 Å². The van der Waals surface area contributed by atoms with Crippen LogP contribution in [0.15, 0.2) is 36.4 Å². The summed E-state index contributed by atoms with van der Waals surface area (Å²) in [5.41, 5.74) is 4.33. The van der Waals surface area contributed by atoms with Crippen LogP contribution in [0.5, 0.6) is 0 Å². The molecule has 4 heteroatoms. The van der Waals surface area contributed by atoms with Crippen LogP contribution in [0.25, 0.3) is 0 Å². The van der Waals surface area contributed by atoms with Crippen LogP contribution in [0, 0.1) is 19.7 Å². The van der Waals surface area contributed by atoms with Gasteiger partial charge >= 0.3 is 0 Å². The number of halogens is 1. The zero-order chi connectivity index (χ0) is 17.0. The van der Waals surface area contributed by atoms with Gasteiger partial charge in [-0.1, -0.05) is 18.2 Å². The fraction of sp³-hybridized carbons (Fsp3) is 0.316. The maximum absolute atomic E-state index is 13.6. The van der Waals surface area contributed by atoms with Crippen LogP contribution in [0.1, 0.15) is 23.6 Å². The molecule has 0 spiro atoms. The summed E-state index contributed by atoms with van der Waals surface area (Å²) in [5, 5.41) is 2.91. The molecular formula is C19H23FN2O. The van der Waals surface area contributed by atoms with E-state index in [9.17, 15) is 9.18 Å². The molecule has 3 nitrogen and oxygen atoms in total. The van der Waals surface area contributed by atoms with Crippen molar-refractivity contribution in [3.63, 3.8) is 0 Å². The van der Waals surface area contributed by atoms with Gasteiger partial charge in [0.25, 0.3) is 0 Å². The lowest BCUT2D eigenvalue weighted by atomic mass is 10.1. The predicted molar refractivity (Wildman–Crippen MR) is 93.6 cm³/mol. The van der Waals surface area contributed by atoms with E-state index in [1.165, 1.54) is 6.07 Å². The lowest BCUT2D eigenvalue weighted by Crippen LogP contribution is -2.19. The number of anilines is 2. The molecule has 0 aliphatic heterocycles. The number of hydrogen-bond donors (Lipinski definition) is 1. The molecule has 1 N–H and O–H groups in total. The zero-order valence-electron chi connectivity index (χ0n) is 14.1. The van der Waals surface area contributed by atoms with Gasteiger partial charge in [-0.25, -0.2) is 4.39 Å². The fourth-order valence-corrected chi connectivity index (χ4v) is 2.54. The van der Waals surface area contributed by atoms with Crippen LogP contribution in [0.4, 0.5) is 15.8 Å². The summed E-state index contributed by atoms with van der Waals surface area (Å²) < 4.78 is 13.6. The second-order valence-corrected chi connectivity index (χ2v) is 5.79. The summed E-state index contributed by atoms with van der Waals surface area (Å²) in [7, 11) is 2.03. The minimum Gasteiger partial charge on any atom is -0.375 e. The van der Waals surface area contributed by atoms with Crippen molar-refractivity contribution in [2.75, 3.05) is 23.8 Å². The number of carbonyl (C=O) groups is 1. The molecule has 0 heterocycles. The molecule has 0 saturated carbocycles. The topological polar surface area (TPSA) is 32.3 Å². The van der Waals surface area contributed by atoms with Gasteiger partial charge in [0.2, 0.25) is 5.91 Å². The highest BCUT2D eigenvalue weighted by Crippen LogP contribution is 2.27. The largest absolute Gasteiger partial charge is 0.375 e. The molecule has 2 aromatic rings. The second-order valence-electron chi connectivity index (χ2n) is 5.79. The van der Waals surface area contributed by atoms with Gasteiger partial charge in [-0.15, -0.1) is 0 Å². The van der Waals surface area contributed by atoms with E-state index >= 15 is 0 Å². The first kappa shape index (κ1) is 17.0. The average molecular weight is 314 g/mol. The molecule has 0 aliphatic rings. The molecule has 0 aliphatic carbocycles. The third-order valence-electron chi connectivity index (χ3n) is 4.01. The monoisotopic (exact) mass is 314 g/mol. The molecular weight excluding hydrogens is 291 g/mol. The highest BCUT2D eigenvalue weighted by Gasteiger charge is 2.12. The van der Waals surface area contributed by atoms with Gasteiger partial charge in [-0.05, 0) is 55.7 Å². The molecule has 23 heavy (non-hydrogen) atoms. The Balaban J connectivity index is 2.17. The molecule has 2 aromatic carbocycles. The van der Waals surface area contributed by atoms with Crippen molar-refractivity contribution in [3.05, 3.63) is 58.9 Å². The van der Waals surface area contributed by atoms with Crippen molar-refractivity contribution < 1.29 is 9.18 Å². The van der Waals surface area contributed by atoms with Gasteiger partial charge in [0, 0.05) is 25.0 Å². The Labute approximate surface area is 137 Å². The van der Waals surface area contributed by atoms with Gasteiger partial charge in [-0.2, -0.15) is 0 Å². The molecule has 0 aromatic heterocycles. The number of carbonyl (C=O) groups excluding carboxylic acids is 1. The highest BCUT2D eigenvalue weighted by atomic mass is 19.1.